The highest BCUT2D eigenvalue weighted by Gasteiger charge is 2.31. The van der Waals surface area contributed by atoms with E-state index in [4.69, 9.17) is 14.2 Å². The number of hydrogen-bond acceptors (Lipinski definition) is 8. The van der Waals surface area contributed by atoms with Gasteiger partial charge in [0.1, 0.15) is 42.8 Å². The Kier molecular flexibility index (Phi) is 8.78. The van der Waals surface area contributed by atoms with Crippen LogP contribution in [-0.4, -0.2) is 45.0 Å². The maximum Gasteiger partial charge on any atom is 0.573 e. The Bertz CT molecular complexity index is 1630. The molecule has 6 rings (SSSR count). The Morgan fingerprint density at radius 1 is 0.933 bits per heavy atom. The van der Waals surface area contributed by atoms with Gasteiger partial charge < -0.3 is 29.1 Å². The third kappa shape index (κ3) is 8.04. The van der Waals surface area contributed by atoms with Crippen LogP contribution in [0, 0.1) is 10.1 Å². The lowest BCUT2D eigenvalue weighted by molar-refractivity contribution is -0.389. The van der Waals surface area contributed by atoms with E-state index in [0.717, 1.165) is 49.4 Å². The fourth-order valence-electron chi connectivity index (χ4n) is 5.46. The number of nitro groups is 1. The molecule has 2 aliphatic rings. The Morgan fingerprint density at radius 3 is 2.42 bits per heavy atom. The van der Waals surface area contributed by atoms with Gasteiger partial charge in [-0.2, -0.15) is 0 Å². The average molecular weight is 625 g/mol. The van der Waals surface area contributed by atoms with Gasteiger partial charge in [0.15, 0.2) is 0 Å². The van der Waals surface area contributed by atoms with Crippen LogP contribution in [0.15, 0.2) is 72.9 Å². The third-order valence-corrected chi connectivity index (χ3v) is 7.70. The molecule has 0 aliphatic carbocycles. The minimum atomic E-state index is -4.72. The Morgan fingerprint density at radius 2 is 1.67 bits per heavy atom. The van der Waals surface area contributed by atoms with Crippen LogP contribution in [0.25, 0.3) is 0 Å². The second-order valence-electron chi connectivity index (χ2n) is 11.0. The summed E-state index contributed by atoms with van der Waals surface area (Å²) in [5.74, 6) is 0.958. The maximum absolute atomic E-state index is 12.3. The van der Waals surface area contributed by atoms with Gasteiger partial charge in [0, 0.05) is 31.0 Å². The molecule has 0 amide bonds. The molecular weight excluding hydrogens is 593 g/mol. The SMILES string of the molecule is O=[N+]([O-])c1cn2c(n1)O[C@@H](COc1ccc3c(c1)CCCN(Cc1ccc(OCc4ccc(OC(F)(F)F)cc4)cc1)C3)CC2. The molecule has 0 saturated heterocycles. The standard InChI is InChI=1S/C32H31F3N4O6/c33-32(34,35)45-27-10-5-23(6-11-27)20-42-26-8-3-22(4-9-26)17-37-14-1-2-24-16-28(12-7-25(24)18-37)43-21-29-13-15-38-19-30(39(40)41)36-31(38)44-29/h3-12,16,19,29H,1-2,13-15,17-18,20-21H2/t29-/m1/s1. The number of nitrogens with zero attached hydrogens (tertiary/aromatic N) is 4. The summed E-state index contributed by atoms with van der Waals surface area (Å²) in [6.07, 6.45) is -0.936. The summed E-state index contributed by atoms with van der Waals surface area (Å²) in [7, 11) is 0. The second kappa shape index (κ2) is 13.1. The van der Waals surface area contributed by atoms with Crippen molar-refractivity contribution >= 4 is 5.82 Å². The summed E-state index contributed by atoms with van der Waals surface area (Å²) in [4.78, 5) is 16.8. The first-order valence-corrected chi connectivity index (χ1v) is 14.6. The van der Waals surface area contributed by atoms with Gasteiger partial charge in [0.25, 0.3) is 0 Å². The van der Waals surface area contributed by atoms with E-state index in [1.807, 2.05) is 30.3 Å². The lowest BCUT2D eigenvalue weighted by atomic mass is 10.0. The predicted octanol–water partition coefficient (Wildman–Crippen LogP) is 6.45. The first-order valence-electron chi connectivity index (χ1n) is 14.6. The number of benzene rings is 3. The molecule has 0 unspecified atom stereocenters. The number of aromatic nitrogens is 2. The zero-order valence-electron chi connectivity index (χ0n) is 24.2. The maximum atomic E-state index is 12.3. The van der Waals surface area contributed by atoms with Crippen molar-refractivity contribution in [3.05, 3.63) is 105 Å². The number of ether oxygens (including phenoxy) is 4. The highest BCUT2D eigenvalue weighted by molar-refractivity contribution is 5.37. The number of rotatable bonds is 10. The molecule has 236 valence electrons. The van der Waals surface area contributed by atoms with Crippen LogP contribution >= 0.6 is 0 Å². The summed E-state index contributed by atoms with van der Waals surface area (Å²) < 4.78 is 60.3. The largest absolute Gasteiger partial charge is 0.573 e. The molecule has 0 saturated carbocycles. The first-order chi connectivity index (χ1) is 21.7. The number of aryl methyl sites for hydroxylation is 2. The molecule has 2 aliphatic heterocycles. The van der Waals surface area contributed by atoms with Crippen LogP contribution in [0.5, 0.6) is 23.3 Å². The molecule has 0 N–H and O–H groups in total. The van der Waals surface area contributed by atoms with Crippen molar-refractivity contribution in [2.24, 2.45) is 0 Å². The van der Waals surface area contributed by atoms with E-state index in [2.05, 4.69) is 26.8 Å². The topological polar surface area (TPSA) is 101 Å². The van der Waals surface area contributed by atoms with Crippen molar-refractivity contribution in [2.45, 2.75) is 58.0 Å². The number of alkyl halides is 3. The highest BCUT2D eigenvalue weighted by atomic mass is 19.4. The lowest BCUT2D eigenvalue weighted by Gasteiger charge is -2.23. The van der Waals surface area contributed by atoms with E-state index in [1.165, 1.54) is 29.5 Å². The molecule has 0 spiro atoms. The molecular formula is C32H31F3N4O6. The Labute approximate surface area is 257 Å². The molecule has 3 heterocycles. The Balaban J connectivity index is 0.978. The summed E-state index contributed by atoms with van der Waals surface area (Å²) in [5.41, 5.74) is 4.40. The quantitative estimate of drug-likeness (QED) is 0.147. The second-order valence-corrected chi connectivity index (χ2v) is 11.0. The van der Waals surface area contributed by atoms with Crippen molar-refractivity contribution < 1.29 is 37.0 Å². The van der Waals surface area contributed by atoms with E-state index >= 15 is 0 Å². The van der Waals surface area contributed by atoms with Gasteiger partial charge in [0.2, 0.25) is 0 Å². The number of hydrogen-bond donors (Lipinski definition) is 0. The van der Waals surface area contributed by atoms with Crippen LogP contribution in [0.4, 0.5) is 19.0 Å². The number of halogens is 3. The molecule has 13 heteroatoms. The van der Waals surface area contributed by atoms with Crippen LogP contribution < -0.4 is 18.9 Å². The number of fused-ring (bicyclic) bond motifs is 2. The summed E-state index contributed by atoms with van der Waals surface area (Å²) >= 11 is 0. The van der Waals surface area contributed by atoms with Crippen molar-refractivity contribution in [3.8, 4) is 23.3 Å². The van der Waals surface area contributed by atoms with Crippen molar-refractivity contribution in [2.75, 3.05) is 13.2 Å². The molecule has 1 atom stereocenters. The monoisotopic (exact) mass is 624 g/mol. The van der Waals surface area contributed by atoms with Crippen LogP contribution in [0.1, 0.15) is 35.1 Å². The van der Waals surface area contributed by atoms with E-state index in [-0.39, 0.29) is 30.3 Å². The summed E-state index contributed by atoms with van der Waals surface area (Å²) in [5, 5.41) is 11.0. The fourth-order valence-corrected chi connectivity index (χ4v) is 5.46. The van der Waals surface area contributed by atoms with E-state index < -0.39 is 11.3 Å². The first kappa shape index (κ1) is 30.3. The van der Waals surface area contributed by atoms with Crippen LogP contribution in [-0.2, 0) is 32.7 Å². The van der Waals surface area contributed by atoms with E-state index in [9.17, 15) is 23.3 Å². The molecule has 4 aromatic rings. The molecule has 3 aromatic carbocycles. The van der Waals surface area contributed by atoms with Gasteiger partial charge in [-0.1, -0.05) is 30.3 Å². The molecule has 0 radical (unpaired) electrons. The predicted molar refractivity (Wildman–Crippen MR) is 156 cm³/mol. The minimum Gasteiger partial charge on any atom is -0.490 e. The zero-order chi connectivity index (χ0) is 31.4. The van der Waals surface area contributed by atoms with Gasteiger partial charge in [0.05, 0.1) is 0 Å². The van der Waals surface area contributed by atoms with E-state index in [0.29, 0.717) is 25.3 Å². The van der Waals surface area contributed by atoms with Crippen molar-refractivity contribution in [3.63, 3.8) is 0 Å². The Hall–Kier alpha value is -4.78. The van der Waals surface area contributed by atoms with Gasteiger partial charge in [-0.15, -0.1) is 13.2 Å². The van der Waals surface area contributed by atoms with Crippen molar-refractivity contribution in [1.82, 2.24) is 14.5 Å². The summed E-state index contributed by atoms with van der Waals surface area (Å²) in [6.45, 7) is 3.69. The van der Waals surface area contributed by atoms with E-state index in [1.54, 1.807) is 16.7 Å². The van der Waals surface area contributed by atoms with Gasteiger partial charge in [-0.25, -0.2) is 0 Å². The van der Waals surface area contributed by atoms with Gasteiger partial charge >= 0.3 is 18.2 Å². The van der Waals surface area contributed by atoms with Crippen molar-refractivity contribution in [1.29, 1.82) is 0 Å². The number of imidazole rings is 1. The molecule has 45 heavy (non-hydrogen) atoms. The lowest BCUT2D eigenvalue weighted by Crippen LogP contribution is -2.31. The van der Waals surface area contributed by atoms with Crippen LogP contribution in [0.2, 0.25) is 0 Å². The summed E-state index contributed by atoms with van der Waals surface area (Å²) in [6, 6.07) is 19.9. The van der Waals surface area contributed by atoms with Crippen LogP contribution in [0.3, 0.4) is 0 Å². The minimum absolute atomic E-state index is 0.221. The van der Waals surface area contributed by atoms with Gasteiger partial charge in [-0.05, 0) is 83.0 Å². The molecule has 0 fully saturated rings. The normalized spacial score (nSPS) is 16.6. The fraction of sp³-hybridized carbons (Fsp3) is 0.344. The molecule has 1 aromatic heterocycles. The average Bonchev–Trinajstić information content (AvgIpc) is 3.34. The third-order valence-electron chi connectivity index (χ3n) is 7.70. The van der Waals surface area contributed by atoms with Gasteiger partial charge in [-0.3, -0.25) is 9.47 Å². The molecule has 10 nitrogen and oxygen atoms in total. The smallest absolute Gasteiger partial charge is 0.490 e. The molecule has 0 bridgehead atoms. The zero-order valence-corrected chi connectivity index (χ0v) is 24.2. The highest BCUT2D eigenvalue weighted by Crippen LogP contribution is 2.28.